The molecule has 16 heavy (non-hydrogen) atoms. The van der Waals surface area contributed by atoms with Crippen molar-refractivity contribution in [1.29, 1.82) is 0 Å². The van der Waals surface area contributed by atoms with Gasteiger partial charge in [-0.3, -0.25) is 0 Å². The molecule has 80 valence electrons. The van der Waals surface area contributed by atoms with E-state index in [4.69, 9.17) is 8.94 Å². The minimum absolute atomic E-state index is 0.376. The lowest BCUT2D eigenvalue weighted by atomic mass is 10.2. The third-order valence-corrected chi connectivity index (χ3v) is 2.61. The van der Waals surface area contributed by atoms with E-state index >= 15 is 0 Å². The molecule has 4 nitrogen and oxygen atoms in total. The molecule has 0 fully saturated rings. The summed E-state index contributed by atoms with van der Waals surface area (Å²) in [6, 6.07) is 7.87. The Hall–Kier alpha value is -1.62. The summed E-state index contributed by atoms with van der Waals surface area (Å²) in [6.07, 6.45) is 0. The molecule has 0 saturated heterocycles. The van der Waals surface area contributed by atoms with Crippen LogP contribution in [0.1, 0.15) is 5.56 Å². The highest BCUT2D eigenvalue weighted by Gasteiger charge is 2.12. The molecule has 0 spiro atoms. The predicted octanol–water partition coefficient (Wildman–Crippen LogP) is 3.55. The van der Waals surface area contributed by atoms with Crippen LogP contribution < -0.4 is 0 Å². The molecule has 0 N–H and O–H groups in total. The van der Waals surface area contributed by atoms with Gasteiger partial charge in [-0.1, -0.05) is 11.6 Å². The van der Waals surface area contributed by atoms with Gasteiger partial charge >= 0.3 is 0 Å². The maximum atomic E-state index is 5.61. The third kappa shape index (κ3) is 1.53. The van der Waals surface area contributed by atoms with E-state index in [9.17, 15) is 0 Å². The Labute approximate surface area is 99.4 Å². The lowest BCUT2D eigenvalue weighted by molar-refractivity contribution is 0.415. The lowest BCUT2D eigenvalue weighted by Gasteiger charge is -1.89. The first-order chi connectivity index (χ1) is 7.72. The molecule has 0 amide bonds. The van der Waals surface area contributed by atoms with Gasteiger partial charge in [0.15, 0.2) is 5.76 Å². The van der Waals surface area contributed by atoms with Crippen LogP contribution in [-0.2, 0) is 0 Å². The van der Waals surface area contributed by atoms with E-state index in [0.717, 1.165) is 11.0 Å². The van der Waals surface area contributed by atoms with Gasteiger partial charge in [0.25, 0.3) is 5.89 Å². The zero-order valence-electron chi connectivity index (χ0n) is 8.40. The van der Waals surface area contributed by atoms with Crippen LogP contribution in [0, 0.1) is 6.92 Å². The van der Waals surface area contributed by atoms with E-state index < -0.39 is 0 Å². The second-order valence-corrected chi connectivity index (χ2v) is 4.23. The van der Waals surface area contributed by atoms with Gasteiger partial charge < -0.3 is 8.94 Å². The van der Waals surface area contributed by atoms with Crippen molar-refractivity contribution in [2.75, 3.05) is 0 Å². The van der Waals surface area contributed by atoms with E-state index in [1.54, 1.807) is 0 Å². The maximum absolute atomic E-state index is 5.61. The molecule has 2 aromatic heterocycles. The van der Waals surface area contributed by atoms with Crippen molar-refractivity contribution < 1.29 is 8.94 Å². The van der Waals surface area contributed by atoms with Crippen LogP contribution in [0.5, 0.6) is 0 Å². The van der Waals surface area contributed by atoms with E-state index in [2.05, 4.69) is 26.1 Å². The van der Waals surface area contributed by atoms with Gasteiger partial charge in [0, 0.05) is 5.39 Å². The normalized spacial score (nSPS) is 11.1. The summed E-state index contributed by atoms with van der Waals surface area (Å²) >= 11 is 3.13. The number of hydrogen-bond acceptors (Lipinski definition) is 4. The predicted molar refractivity (Wildman–Crippen MR) is 61.9 cm³/mol. The molecule has 0 aliphatic heterocycles. The molecule has 1 aromatic carbocycles. The molecule has 3 rings (SSSR count). The number of benzene rings is 1. The number of hydrogen-bond donors (Lipinski definition) is 0. The Morgan fingerprint density at radius 2 is 2.12 bits per heavy atom. The number of nitrogens with zero attached hydrogens (tertiary/aromatic N) is 2. The zero-order chi connectivity index (χ0) is 11.1. The molecule has 0 unspecified atom stereocenters. The molecule has 0 bridgehead atoms. The summed E-state index contributed by atoms with van der Waals surface area (Å²) < 4.78 is 11.0. The summed E-state index contributed by atoms with van der Waals surface area (Å²) in [6.45, 7) is 2.04. The first-order valence-electron chi connectivity index (χ1n) is 4.72. The maximum Gasteiger partial charge on any atom is 0.294 e. The van der Waals surface area contributed by atoms with E-state index in [1.165, 1.54) is 5.56 Å². The molecule has 0 aliphatic carbocycles. The Morgan fingerprint density at radius 3 is 2.88 bits per heavy atom. The van der Waals surface area contributed by atoms with E-state index in [0.29, 0.717) is 16.4 Å². The number of rotatable bonds is 1. The largest absolute Gasteiger partial charge is 0.451 e. The average molecular weight is 279 g/mol. The van der Waals surface area contributed by atoms with Crippen LogP contribution in [-0.4, -0.2) is 10.1 Å². The van der Waals surface area contributed by atoms with E-state index in [-0.39, 0.29) is 0 Å². The third-order valence-electron chi connectivity index (χ3n) is 2.28. The zero-order valence-corrected chi connectivity index (χ0v) is 9.98. The van der Waals surface area contributed by atoms with Gasteiger partial charge in [0.05, 0.1) is 0 Å². The number of aryl methyl sites for hydroxylation is 1. The van der Waals surface area contributed by atoms with Gasteiger partial charge in [-0.05, 0) is 46.2 Å². The molecule has 0 atom stereocenters. The van der Waals surface area contributed by atoms with Crippen LogP contribution >= 0.6 is 15.9 Å². The Bertz CT molecular complexity index is 657. The van der Waals surface area contributed by atoms with Crippen LogP contribution in [0.4, 0.5) is 0 Å². The summed E-state index contributed by atoms with van der Waals surface area (Å²) in [5.74, 6) is 0.958. The Balaban J connectivity index is 2.18. The molecule has 2 heterocycles. The highest BCUT2D eigenvalue weighted by Crippen LogP contribution is 2.27. The van der Waals surface area contributed by atoms with Crippen LogP contribution in [0.25, 0.3) is 22.6 Å². The summed E-state index contributed by atoms with van der Waals surface area (Å²) in [5, 5.41) is 4.68. The number of furan rings is 1. The fraction of sp³-hybridized carbons (Fsp3) is 0.0909. The van der Waals surface area contributed by atoms with Crippen molar-refractivity contribution in [1.82, 2.24) is 10.1 Å². The second kappa shape index (κ2) is 3.45. The summed E-state index contributed by atoms with van der Waals surface area (Å²) in [4.78, 5) is 4.04. The Kier molecular flexibility index (Phi) is 2.07. The smallest absolute Gasteiger partial charge is 0.294 e. The molecule has 0 saturated carbocycles. The summed E-state index contributed by atoms with van der Waals surface area (Å²) in [7, 11) is 0. The molecular formula is C11H7BrN2O2. The van der Waals surface area contributed by atoms with Gasteiger partial charge in [-0.2, -0.15) is 4.98 Å². The Morgan fingerprint density at radius 1 is 1.25 bits per heavy atom. The first kappa shape index (κ1) is 9.59. The van der Waals surface area contributed by atoms with Crippen LogP contribution in [0.3, 0.4) is 0 Å². The first-order valence-corrected chi connectivity index (χ1v) is 5.51. The molecule has 5 heteroatoms. The number of halogens is 1. The van der Waals surface area contributed by atoms with Gasteiger partial charge in [-0.25, -0.2) is 0 Å². The van der Waals surface area contributed by atoms with Crippen molar-refractivity contribution in [3.8, 4) is 11.7 Å². The molecule has 0 radical (unpaired) electrons. The van der Waals surface area contributed by atoms with Crippen LogP contribution in [0.15, 0.2) is 37.9 Å². The molecule has 3 aromatic rings. The quantitative estimate of drug-likeness (QED) is 0.683. The van der Waals surface area contributed by atoms with Gasteiger partial charge in [-0.15, -0.1) is 0 Å². The highest BCUT2D eigenvalue weighted by atomic mass is 79.9. The lowest BCUT2D eigenvalue weighted by Crippen LogP contribution is -1.70. The minimum Gasteiger partial charge on any atom is -0.451 e. The van der Waals surface area contributed by atoms with Crippen molar-refractivity contribution in [2.45, 2.75) is 6.92 Å². The van der Waals surface area contributed by atoms with Crippen molar-refractivity contribution >= 4 is 26.9 Å². The van der Waals surface area contributed by atoms with Gasteiger partial charge in [0.1, 0.15) is 5.58 Å². The fourth-order valence-electron chi connectivity index (χ4n) is 1.57. The monoisotopic (exact) mass is 278 g/mol. The fourth-order valence-corrected chi connectivity index (χ4v) is 1.81. The van der Waals surface area contributed by atoms with E-state index in [1.807, 2.05) is 31.2 Å². The van der Waals surface area contributed by atoms with Crippen LogP contribution in [0.2, 0.25) is 0 Å². The van der Waals surface area contributed by atoms with Crippen molar-refractivity contribution in [3.63, 3.8) is 0 Å². The standard InChI is InChI=1S/C11H7BrN2O2/c1-6-2-3-8-7(4-6)5-9(15-8)10-13-11(12)14-16-10/h2-5H,1H3. The molecular weight excluding hydrogens is 272 g/mol. The number of fused-ring (bicyclic) bond motifs is 1. The SMILES string of the molecule is Cc1ccc2oc(-c3nc(Br)no3)cc2c1. The van der Waals surface area contributed by atoms with Gasteiger partial charge in [0.2, 0.25) is 4.73 Å². The average Bonchev–Trinajstić information content (AvgIpc) is 2.83. The number of aromatic nitrogens is 2. The highest BCUT2D eigenvalue weighted by molar-refractivity contribution is 9.10. The second-order valence-electron chi connectivity index (χ2n) is 3.52. The van der Waals surface area contributed by atoms with Crippen molar-refractivity contribution in [3.05, 3.63) is 34.6 Å². The van der Waals surface area contributed by atoms with Crippen molar-refractivity contribution in [2.24, 2.45) is 0 Å². The molecule has 0 aliphatic rings. The minimum atomic E-state index is 0.376. The summed E-state index contributed by atoms with van der Waals surface area (Å²) in [5.41, 5.74) is 2.00. The topological polar surface area (TPSA) is 52.1 Å².